The first-order valence-electron chi connectivity index (χ1n) is 15.5. The van der Waals surface area contributed by atoms with E-state index >= 15 is 0 Å². The molecule has 0 bridgehead atoms. The summed E-state index contributed by atoms with van der Waals surface area (Å²) in [6, 6.07) is 25.4. The molecule has 0 saturated heterocycles. The van der Waals surface area contributed by atoms with Crippen molar-refractivity contribution in [3.05, 3.63) is 150 Å². The number of fused-ring (bicyclic) bond motifs is 2. The molecule has 1 atom stereocenters. The Morgan fingerprint density at radius 2 is 1.79 bits per heavy atom. The largest absolute Gasteiger partial charge is 0.493 e. The first-order valence-corrected chi connectivity index (χ1v) is 16.3. The molecule has 1 aliphatic heterocycles. The summed E-state index contributed by atoms with van der Waals surface area (Å²) in [5.41, 5.74) is 5.26. The second-order valence-corrected chi connectivity index (χ2v) is 12.4. The fraction of sp³-hybridized carbons (Fsp3) is 0.205. The number of hydrogen-bond acceptors (Lipinski definition) is 7. The van der Waals surface area contributed by atoms with Gasteiger partial charge in [0.1, 0.15) is 6.61 Å². The molecule has 5 aromatic rings. The predicted molar refractivity (Wildman–Crippen MR) is 187 cm³/mol. The van der Waals surface area contributed by atoms with E-state index in [4.69, 9.17) is 19.2 Å². The highest BCUT2D eigenvalue weighted by molar-refractivity contribution is 7.07. The highest BCUT2D eigenvalue weighted by Gasteiger charge is 2.33. The van der Waals surface area contributed by atoms with Crippen LogP contribution in [0.25, 0.3) is 16.8 Å². The summed E-state index contributed by atoms with van der Waals surface area (Å²) < 4.78 is 19.7. The number of carbonyl (C=O) groups excluding carboxylic acids is 1. The van der Waals surface area contributed by atoms with Gasteiger partial charge in [-0.1, -0.05) is 89.7 Å². The molecular weight excluding hydrogens is 609 g/mol. The Kier molecular flexibility index (Phi) is 9.22. The second kappa shape index (κ2) is 13.6. The van der Waals surface area contributed by atoms with Crippen LogP contribution in [0.15, 0.2) is 113 Å². The normalized spacial score (nSPS) is 14.5. The van der Waals surface area contributed by atoms with Crippen LogP contribution in [0.1, 0.15) is 47.7 Å². The molecule has 0 amide bonds. The zero-order chi connectivity index (χ0) is 33.1. The lowest BCUT2D eigenvalue weighted by molar-refractivity contribution is -0.139. The summed E-state index contributed by atoms with van der Waals surface area (Å²) in [7, 11) is 1.61. The van der Waals surface area contributed by atoms with Gasteiger partial charge >= 0.3 is 5.97 Å². The second-order valence-electron chi connectivity index (χ2n) is 11.3. The lowest BCUT2D eigenvalue weighted by Crippen LogP contribution is -2.39. The molecule has 0 N–H and O–H groups in total. The quantitative estimate of drug-likeness (QED) is 0.127. The van der Waals surface area contributed by atoms with Crippen LogP contribution >= 0.6 is 11.3 Å². The van der Waals surface area contributed by atoms with Crippen LogP contribution < -0.4 is 24.4 Å². The van der Waals surface area contributed by atoms with E-state index in [1.807, 2.05) is 73.7 Å². The third-order valence-corrected chi connectivity index (χ3v) is 9.18. The van der Waals surface area contributed by atoms with Gasteiger partial charge in [0.05, 0.1) is 35.6 Å². The van der Waals surface area contributed by atoms with Gasteiger partial charge in [0.15, 0.2) is 16.3 Å². The minimum atomic E-state index is -0.663. The molecule has 0 aliphatic carbocycles. The number of methoxy groups -OCH3 is 1. The van der Waals surface area contributed by atoms with Gasteiger partial charge in [0.25, 0.3) is 5.56 Å². The number of allylic oxidation sites excluding steroid dienone is 2. The number of aryl methyl sites for hydroxylation is 1. The number of thiazole rings is 1. The molecule has 7 nitrogen and oxygen atoms in total. The summed E-state index contributed by atoms with van der Waals surface area (Å²) >= 11 is 1.28. The van der Waals surface area contributed by atoms with Crippen molar-refractivity contribution in [3.63, 3.8) is 0 Å². The van der Waals surface area contributed by atoms with E-state index in [1.54, 1.807) is 25.5 Å². The highest BCUT2D eigenvalue weighted by atomic mass is 32.1. The third-order valence-electron chi connectivity index (χ3n) is 8.20. The Morgan fingerprint density at radius 1 is 1.02 bits per heavy atom. The number of hydrogen-bond donors (Lipinski definition) is 0. The summed E-state index contributed by atoms with van der Waals surface area (Å²) in [5.74, 6) is 0.709. The molecule has 238 valence electrons. The van der Waals surface area contributed by atoms with Gasteiger partial charge in [0, 0.05) is 5.56 Å². The van der Waals surface area contributed by atoms with Gasteiger partial charge in [-0.15, -0.1) is 6.58 Å². The average molecular weight is 645 g/mol. The molecule has 0 radical (unpaired) electrons. The molecule has 0 fully saturated rings. The van der Waals surface area contributed by atoms with Crippen LogP contribution in [0.3, 0.4) is 0 Å². The van der Waals surface area contributed by atoms with E-state index in [1.165, 1.54) is 11.3 Å². The first kappa shape index (κ1) is 31.8. The predicted octanol–water partition coefficient (Wildman–Crippen LogP) is 6.58. The van der Waals surface area contributed by atoms with Gasteiger partial charge in [0.2, 0.25) is 0 Å². The van der Waals surface area contributed by atoms with Crippen molar-refractivity contribution < 1.29 is 19.0 Å². The van der Waals surface area contributed by atoms with Crippen LogP contribution in [0.4, 0.5) is 0 Å². The fourth-order valence-electron chi connectivity index (χ4n) is 5.96. The Bertz CT molecular complexity index is 2200. The number of carbonyl (C=O) groups is 1. The van der Waals surface area contributed by atoms with Crippen molar-refractivity contribution in [2.45, 2.75) is 39.8 Å². The van der Waals surface area contributed by atoms with Gasteiger partial charge in [-0.2, -0.15) is 0 Å². The van der Waals surface area contributed by atoms with Crippen molar-refractivity contribution >= 4 is 34.2 Å². The topological polar surface area (TPSA) is 79.1 Å². The van der Waals surface area contributed by atoms with Crippen LogP contribution in [-0.2, 0) is 22.6 Å². The summed E-state index contributed by atoms with van der Waals surface area (Å²) in [4.78, 5) is 32.5. The van der Waals surface area contributed by atoms with E-state index < -0.39 is 12.0 Å². The Balaban J connectivity index is 1.43. The van der Waals surface area contributed by atoms with Gasteiger partial charge in [-0.3, -0.25) is 9.36 Å². The van der Waals surface area contributed by atoms with Crippen LogP contribution in [0.2, 0.25) is 0 Å². The number of rotatable bonds is 10. The maximum atomic E-state index is 14.1. The molecule has 2 heterocycles. The number of esters is 1. The Morgan fingerprint density at radius 3 is 2.53 bits per heavy atom. The molecule has 0 spiro atoms. The van der Waals surface area contributed by atoms with Gasteiger partial charge < -0.3 is 14.2 Å². The molecule has 4 aromatic carbocycles. The lowest BCUT2D eigenvalue weighted by atomic mass is 9.95. The lowest BCUT2D eigenvalue weighted by Gasteiger charge is -2.24. The number of nitrogens with zero attached hydrogens (tertiary/aromatic N) is 2. The smallest absolute Gasteiger partial charge is 0.338 e. The molecule has 0 saturated carbocycles. The zero-order valence-corrected chi connectivity index (χ0v) is 27.7. The Labute approximate surface area is 277 Å². The SMILES string of the molecule is C=CCc1cc(/C=c2/sc3n(c2=O)[C@@H](c2ccc(C)cc2)C(C(=O)OCC)=C(C)N=3)cc(OC)c1OCc1cccc2ccccc12. The molecule has 0 unspecified atom stereocenters. The number of ether oxygens (including phenoxy) is 3. The van der Waals surface area contributed by atoms with E-state index in [9.17, 15) is 9.59 Å². The summed E-state index contributed by atoms with van der Waals surface area (Å²) in [6.45, 7) is 10.1. The van der Waals surface area contributed by atoms with Crippen molar-refractivity contribution in [2.24, 2.45) is 4.99 Å². The minimum absolute atomic E-state index is 0.219. The van der Waals surface area contributed by atoms with E-state index in [0.29, 0.717) is 45.1 Å². The van der Waals surface area contributed by atoms with E-state index in [-0.39, 0.29) is 12.2 Å². The molecular formula is C39H36N2O5S. The van der Waals surface area contributed by atoms with Crippen molar-refractivity contribution in [1.29, 1.82) is 0 Å². The monoisotopic (exact) mass is 644 g/mol. The van der Waals surface area contributed by atoms with Crippen LogP contribution in [0.5, 0.6) is 11.5 Å². The summed E-state index contributed by atoms with van der Waals surface area (Å²) in [5, 5.41) is 2.29. The molecule has 1 aromatic heterocycles. The van der Waals surface area contributed by atoms with Crippen molar-refractivity contribution in [1.82, 2.24) is 4.57 Å². The zero-order valence-electron chi connectivity index (χ0n) is 26.9. The van der Waals surface area contributed by atoms with Crippen molar-refractivity contribution in [2.75, 3.05) is 13.7 Å². The maximum absolute atomic E-state index is 14.1. The number of aromatic nitrogens is 1. The van der Waals surface area contributed by atoms with Gasteiger partial charge in [-0.25, -0.2) is 9.79 Å². The standard InChI is InChI=1S/C39H36N2O5S/c1-6-11-29-20-26(21-32(44-5)36(29)46-23-30-14-10-13-27-12-8-9-15-31(27)30)22-33-37(42)41-35(28-18-16-24(3)17-19-28)34(38(43)45-7-2)25(4)40-39(41)47-33/h6,8-10,12-22,35H,1,7,11,23H2,2-5H3/b33-22+/t35-/m0/s1. The Hall–Kier alpha value is -5.21. The van der Waals surface area contributed by atoms with E-state index in [2.05, 4.69) is 30.8 Å². The average Bonchev–Trinajstić information content (AvgIpc) is 3.37. The first-order chi connectivity index (χ1) is 22.8. The number of benzene rings is 4. The van der Waals surface area contributed by atoms with E-state index in [0.717, 1.165) is 38.6 Å². The molecule has 8 heteroatoms. The third kappa shape index (κ3) is 6.29. The highest BCUT2D eigenvalue weighted by Crippen LogP contribution is 2.35. The fourth-order valence-corrected chi connectivity index (χ4v) is 7.01. The van der Waals surface area contributed by atoms with Crippen molar-refractivity contribution in [3.8, 4) is 11.5 Å². The minimum Gasteiger partial charge on any atom is -0.493 e. The van der Waals surface area contributed by atoms with Crippen LogP contribution in [-0.4, -0.2) is 24.3 Å². The summed E-state index contributed by atoms with van der Waals surface area (Å²) in [6.07, 6.45) is 4.20. The van der Waals surface area contributed by atoms with Crippen LogP contribution in [0, 0.1) is 6.92 Å². The molecule has 1 aliphatic rings. The molecule has 47 heavy (non-hydrogen) atoms. The van der Waals surface area contributed by atoms with Gasteiger partial charge in [-0.05, 0) is 72.9 Å². The molecule has 6 rings (SSSR count). The maximum Gasteiger partial charge on any atom is 0.338 e.